The van der Waals surface area contributed by atoms with Gasteiger partial charge >= 0.3 is 0 Å². The summed E-state index contributed by atoms with van der Waals surface area (Å²) in [7, 11) is 1.59. The van der Waals surface area contributed by atoms with Gasteiger partial charge in [-0.1, -0.05) is 31.2 Å². The first-order valence-electron chi connectivity index (χ1n) is 7.49. The maximum Gasteiger partial charge on any atom is 0.230 e. The highest BCUT2D eigenvalue weighted by Crippen LogP contribution is 2.37. The molecule has 0 fully saturated rings. The Kier molecular flexibility index (Phi) is 3.84. The summed E-state index contributed by atoms with van der Waals surface area (Å²) in [4.78, 5) is 16.8. The molecule has 1 N–H and O–H groups in total. The fourth-order valence-electron chi connectivity index (χ4n) is 3.01. The predicted molar refractivity (Wildman–Crippen MR) is 86.0 cm³/mol. The van der Waals surface area contributed by atoms with E-state index in [1.54, 1.807) is 25.6 Å². The topological polar surface area (TPSA) is 51.2 Å². The van der Waals surface area contributed by atoms with Gasteiger partial charge in [0.25, 0.3) is 0 Å². The van der Waals surface area contributed by atoms with E-state index in [1.807, 2.05) is 13.0 Å². The van der Waals surface area contributed by atoms with E-state index < -0.39 is 5.41 Å². The lowest BCUT2D eigenvalue weighted by molar-refractivity contribution is -0.125. The number of aryl methyl sites for hydroxylation is 1. The second kappa shape index (κ2) is 5.79. The number of pyridine rings is 1. The molecule has 2 aromatic rings. The van der Waals surface area contributed by atoms with Gasteiger partial charge in [-0.05, 0) is 30.4 Å². The summed E-state index contributed by atoms with van der Waals surface area (Å²) in [5.74, 6) is 0.650. The third-order valence-corrected chi connectivity index (χ3v) is 4.44. The van der Waals surface area contributed by atoms with Crippen LogP contribution >= 0.6 is 0 Å². The normalized spacial score (nSPS) is 20.1. The molecule has 4 heteroatoms. The second-order valence-electron chi connectivity index (χ2n) is 6.04. The monoisotopic (exact) mass is 296 g/mol. The van der Waals surface area contributed by atoms with Gasteiger partial charge in [-0.3, -0.25) is 9.78 Å². The summed E-state index contributed by atoms with van der Waals surface area (Å²) >= 11 is 0. The van der Waals surface area contributed by atoms with Gasteiger partial charge < -0.3 is 10.1 Å². The van der Waals surface area contributed by atoms with Crippen LogP contribution in [0.2, 0.25) is 0 Å². The first-order valence-corrected chi connectivity index (χ1v) is 7.49. The van der Waals surface area contributed by atoms with Crippen molar-refractivity contribution >= 4 is 11.6 Å². The third kappa shape index (κ3) is 2.69. The van der Waals surface area contributed by atoms with Crippen molar-refractivity contribution in [1.29, 1.82) is 0 Å². The van der Waals surface area contributed by atoms with Crippen molar-refractivity contribution in [2.45, 2.75) is 26.2 Å². The Morgan fingerprint density at radius 1 is 1.27 bits per heavy atom. The van der Waals surface area contributed by atoms with Crippen LogP contribution in [0.1, 0.15) is 24.5 Å². The van der Waals surface area contributed by atoms with Crippen LogP contribution in [0.4, 0.5) is 5.69 Å². The van der Waals surface area contributed by atoms with Crippen LogP contribution in [0.3, 0.4) is 0 Å². The first-order chi connectivity index (χ1) is 10.6. The first kappa shape index (κ1) is 14.6. The second-order valence-corrected chi connectivity index (χ2v) is 6.04. The number of hydrogen-bond donors (Lipinski definition) is 1. The zero-order chi connectivity index (χ0) is 15.6. The molecule has 1 aromatic carbocycles. The number of methoxy groups -OCH3 is 1. The number of carbonyl (C=O) groups excluding carboxylic acids is 1. The Hall–Kier alpha value is -2.36. The number of nitrogens with one attached hydrogen (secondary N) is 1. The summed E-state index contributed by atoms with van der Waals surface area (Å²) in [5.41, 5.74) is 2.83. The predicted octanol–water partition coefficient (Wildman–Crippen LogP) is 3.22. The van der Waals surface area contributed by atoms with Crippen LogP contribution < -0.4 is 10.1 Å². The van der Waals surface area contributed by atoms with Crippen LogP contribution in [0.5, 0.6) is 5.75 Å². The zero-order valence-corrected chi connectivity index (χ0v) is 12.9. The van der Waals surface area contributed by atoms with Gasteiger partial charge in [0.05, 0.1) is 18.7 Å². The molecule has 1 heterocycles. The minimum atomic E-state index is -0.408. The van der Waals surface area contributed by atoms with Gasteiger partial charge in [0, 0.05) is 12.3 Å². The van der Waals surface area contributed by atoms with Crippen molar-refractivity contribution in [2.75, 3.05) is 12.4 Å². The number of carbonyl (C=O) groups is 1. The molecule has 1 amide bonds. The number of hydrogen-bond acceptors (Lipinski definition) is 3. The summed E-state index contributed by atoms with van der Waals surface area (Å²) in [6.45, 7) is 2.03. The standard InChI is InChI=1S/C18H20N2O2/c1-18(9-7-13-5-3-4-6-14(13)11-18)17(21)20-15-12-19-10-8-16(15)22-2/h3-6,8,10,12H,7,9,11H2,1-2H3,(H,20,21). The molecule has 1 aromatic heterocycles. The summed E-state index contributed by atoms with van der Waals surface area (Å²) < 4.78 is 5.27. The molecule has 0 saturated heterocycles. The summed E-state index contributed by atoms with van der Waals surface area (Å²) in [6.07, 6.45) is 5.81. The van der Waals surface area contributed by atoms with Crippen LogP contribution in [-0.4, -0.2) is 18.0 Å². The average molecular weight is 296 g/mol. The van der Waals surface area contributed by atoms with Crippen molar-refractivity contribution < 1.29 is 9.53 Å². The van der Waals surface area contributed by atoms with Crippen LogP contribution in [0.25, 0.3) is 0 Å². The molecule has 1 unspecified atom stereocenters. The molecule has 22 heavy (non-hydrogen) atoms. The van der Waals surface area contributed by atoms with Gasteiger partial charge in [0.1, 0.15) is 11.4 Å². The fourth-order valence-corrected chi connectivity index (χ4v) is 3.01. The molecule has 0 spiro atoms. The Bertz CT molecular complexity index is 699. The average Bonchev–Trinajstić information content (AvgIpc) is 2.55. The maximum absolute atomic E-state index is 12.8. The smallest absolute Gasteiger partial charge is 0.230 e. The highest BCUT2D eigenvalue weighted by atomic mass is 16.5. The molecule has 0 saturated carbocycles. The molecule has 0 radical (unpaired) electrons. The molecule has 114 valence electrons. The molecule has 4 nitrogen and oxygen atoms in total. The molecule has 0 bridgehead atoms. The Labute approximate surface area is 130 Å². The number of anilines is 1. The molecule has 3 rings (SSSR count). The number of benzene rings is 1. The van der Waals surface area contributed by atoms with Crippen molar-refractivity contribution in [1.82, 2.24) is 4.98 Å². The van der Waals surface area contributed by atoms with Crippen LogP contribution in [-0.2, 0) is 17.6 Å². The molecule has 0 aliphatic heterocycles. The quantitative estimate of drug-likeness (QED) is 0.946. The molecule has 1 aliphatic carbocycles. The van der Waals surface area contributed by atoms with E-state index in [1.165, 1.54) is 11.1 Å². The number of amides is 1. The lowest BCUT2D eigenvalue weighted by Crippen LogP contribution is -2.38. The number of fused-ring (bicyclic) bond motifs is 1. The van der Waals surface area contributed by atoms with E-state index in [4.69, 9.17) is 4.74 Å². The minimum Gasteiger partial charge on any atom is -0.494 e. The number of ether oxygens (including phenoxy) is 1. The number of aromatic nitrogens is 1. The molecular formula is C18H20N2O2. The lowest BCUT2D eigenvalue weighted by atomic mass is 9.72. The number of rotatable bonds is 3. The molecular weight excluding hydrogens is 276 g/mol. The lowest BCUT2D eigenvalue weighted by Gasteiger charge is -2.33. The SMILES string of the molecule is COc1ccncc1NC(=O)C1(C)CCc2ccccc2C1. The van der Waals surface area contributed by atoms with Gasteiger partial charge in [-0.25, -0.2) is 0 Å². The van der Waals surface area contributed by atoms with Gasteiger partial charge in [-0.15, -0.1) is 0 Å². The number of nitrogens with zero attached hydrogens (tertiary/aromatic N) is 1. The van der Waals surface area contributed by atoms with Crippen molar-refractivity contribution in [2.24, 2.45) is 5.41 Å². The van der Waals surface area contributed by atoms with E-state index in [-0.39, 0.29) is 5.91 Å². The fraction of sp³-hybridized carbons (Fsp3) is 0.333. The highest BCUT2D eigenvalue weighted by Gasteiger charge is 2.37. The minimum absolute atomic E-state index is 0.0216. The van der Waals surface area contributed by atoms with E-state index in [0.29, 0.717) is 11.4 Å². The largest absolute Gasteiger partial charge is 0.494 e. The van der Waals surface area contributed by atoms with E-state index in [9.17, 15) is 4.79 Å². The van der Waals surface area contributed by atoms with Crippen molar-refractivity contribution in [3.63, 3.8) is 0 Å². The van der Waals surface area contributed by atoms with Crippen LogP contribution in [0.15, 0.2) is 42.7 Å². The highest BCUT2D eigenvalue weighted by molar-refractivity contribution is 5.96. The van der Waals surface area contributed by atoms with E-state index >= 15 is 0 Å². The Morgan fingerprint density at radius 3 is 2.82 bits per heavy atom. The summed E-state index contributed by atoms with van der Waals surface area (Å²) in [6, 6.07) is 10.1. The molecule has 1 atom stereocenters. The van der Waals surface area contributed by atoms with Crippen molar-refractivity contribution in [3.8, 4) is 5.75 Å². The zero-order valence-electron chi connectivity index (χ0n) is 12.9. The molecule has 1 aliphatic rings. The van der Waals surface area contributed by atoms with Crippen molar-refractivity contribution in [3.05, 3.63) is 53.9 Å². The maximum atomic E-state index is 12.8. The van der Waals surface area contributed by atoms with Gasteiger partial charge in [0.15, 0.2) is 0 Å². The van der Waals surface area contributed by atoms with E-state index in [0.717, 1.165) is 19.3 Å². The van der Waals surface area contributed by atoms with E-state index in [2.05, 4.69) is 28.5 Å². The third-order valence-electron chi connectivity index (χ3n) is 4.44. The Morgan fingerprint density at radius 2 is 2.05 bits per heavy atom. The van der Waals surface area contributed by atoms with Gasteiger partial charge in [-0.2, -0.15) is 0 Å². The van der Waals surface area contributed by atoms with Crippen LogP contribution in [0, 0.1) is 5.41 Å². The Balaban J connectivity index is 1.80. The van der Waals surface area contributed by atoms with Gasteiger partial charge in [0.2, 0.25) is 5.91 Å². The summed E-state index contributed by atoms with van der Waals surface area (Å²) in [5, 5.41) is 2.98.